The molecular weight excluding hydrogens is 1810 g/mol. The molecule has 0 aliphatic carbocycles. The normalized spacial score (nSPS) is 11.6. The molecule has 0 N–H and O–H groups in total. The van der Waals surface area contributed by atoms with Gasteiger partial charge in [-0.2, -0.15) is 0 Å². The molecule has 0 spiro atoms. The summed E-state index contributed by atoms with van der Waals surface area (Å²) in [6.07, 6.45) is 4.29. The number of fused-ring (bicyclic) bond motifs is 16. The number of nitrogens with zero attached hydrogens (tertiary/aromatic N) is 13. The highest BCUT2D eigenvalue weighted by molar-refractivity contribution is 7.85. The number of aryl methyl sites for hydroxylation is 3. The van der Waals surface area contributed by atoms with E-state index in [-0.39, 0.29) is 0 Å². The number of hydrogen-bond acceptors (Lipinski definition) is 11. The van der Waals surface area contributed by atoms with E-state index in [1.54, 1.807) is 0 Å². The van der Waals surface area contributed by atoms with Crippen LogP contribution >= 0.6 is 7.14 Å². The Morgan fingerprint density at radius 2 is 0.517 bits per heavy atom. The Kier molecular flexibility index (Phi) is 23.5. The molecule has 27 rings (SSSR count). The first-order valence-electron chi connectivity index (χ1n) is 49.9. The van der Waals surface area contributed by atoms with Gasteiger partial charge in [-0.3, -0.25) is 18.7 Å². The SMILES string of the molecule is CCc1nc2c3c(-c4ccc(-c5cccc6cccnc56)cc4)nc4ccccc4c3ccc2n1-c1ccccc1.CCc1nc2c3c(-c4cccc(-c5ccc(-c6nc(-c7ccccc7)nc(-c7ccccc7)n6)cc5)c4)nc4ccccc4c3ccc2n1-c1ccccc1.CCc1nc2c3c(-c4cccc(-c5ccc(P(=O)(c6ccccc6)c6ccccc6)cc5)c4)nc4ccccc4c3ccc2n1-c1ccccc1. The van der Waals surface area contributed by atoms with E-state index < -0.39 is 7.14 Å². The summed E-state index contributed by atoms with van der Waals surface area (Å²) < 4.78 is 21.8. The maximum Gasteiger partial charge on any atom is 0.171 e. The lowest BCUT2D eigenvalue weighted by Gasteiger charge is -2.20. The number of rotatable bonds is 18. The fourth-order valence-electron chi connectivity index (χ4n) is 21.0. The summed E-state index contributed by atoms with van der Waals surface area (Å²) in [4.78, 5) is 51.1. The lowest BCUT2D eigenvalue weighted by Crippen LogP contribution is -2.24. The summed E-state index contributed by atoms with van der Waals surface area (Å²) in [6, 6.07) is 163. The predicted octanol–water partition coefficient (Wildman–Crippen LogP) is 31.2. The van der Waals surface area contributed by atoms with E-state index in [1.165, 1.54) is 5.39 Å². The van der Waals surface area contributed by atoms with Gasteiger partial charge in [0, 0.05) is 135 Å². The molecule has 0 radical (unpaired) electrons. The average molecular weight is 1910 g/mol. The second-order valence-corrected chi connectivity index (χ2v) is 39.5. The van der Waals surface area contributed by atoms with Gasteiger partial charge in [-0.05, 0) is 135 Å². The van der Waals surface area contributed by atoms with Crippen molar-refractivity contribution in [3.8, 4) is 118 Å². The summed E-state index contributed by atoms with van der Waals surface area (Å²) >= 11 is 0. The molecule has 698 valence electrons. The van der Waals surface area contributed by atoms with E-state index in [9.17, 15) is 4.57 Å². The highest BCUT2D eigenvalue weighted by Crippen LogP contribution is 2.47. The Bertz CT molecular complexity index is 9630. The van der Waals surface area contributed by atoms with Gasteiger partial charge in [0.05, 0.1) is 72.2 Å². The molecule has 0 aliphatic rings. The Hall–Kier alpha value is -18.8. The van der Waals surface area contributed by atoms with Crippen LogP contribution < -0.4 is 15.9 Å². The van der Waals surface area contributed by atoms with Crippen LogP contribution in [0.15, 0.2) is 479 Å². The second kappa shape index (κ2) is 38.6. The first-order chi connectivity index (χ1) is 72.6. The maximum absolute atomic E-state index is 15.0. The van der Waals surface area contributed by atoms with Crippen LogP contribution in [0.25, 0.3) is 227 Å². The van der Waals surface area contributed by atoms with Crippen LogP contribution in [0.3, 0.4) is 0 Å². The Morgan fingerprint density at radius 3 is 0.912 bits per heavy atom. The van der Waals surface area contributed by atoms with Crippen molar-refractivity contribution in [2.75, 3.05) is 0 Å². The largest absolute Gasteiger partial charge is 0.309 e. The lowest BCUT2D eigenvalue weighted by molar-refractivity contribution is 0.592. The molecule has 0 bridgehead atoms. The quantitative estimate of drug-likeness (QED) is 0.0594. The van der Waals surface area contributed by atoms with Crippen LogP contribution in [0.4, 0.5) is 0 Å². The Morgan fingerprint density at radius 1 is 0.218 bits per heavy atom. The van der Waals surface area contributed by atoms with Gasteiger partial charge in [0.15, 0.2) is 24.6 Å². The van der Waals surface area contributed by atoms with Crippen LogP contribution in [-0.2, 0) is 23.8 Å². The summed E-state index contributed by atoms with van der Waals surface area (Å²) in [5.74, 6) is 4.99. The molecule has 0 saturated carbocycles. The van der Waals surface area contributed by atoms with Crippen LogP contribution in [0, 0.1) is 0 Å². The van der Waals surface area contributed by atoms with Crippen LogP contribution in [0.1, 0.15) is 38.2 Å². The number of benzene rings is 19. The van der Waals surface area contributed by atoms with E-state index in [1.807, 2.05) is 158 Å². The van der Waals surface area contributed by atoms with Crippen molar-refractivity contribution in [2.45, 2.75) is 40.0 Å². The fraction of sp³-hybridized carbons (Fsp3) is 0.0455. The van der Waals surface area contributed by atoms with Gasteiger partial charge in [0.1, 0.15) is 17.5 Å². The van der Waals surface area contributed by atoms with Crippen molar-refractivity contribution in [1.82, 2.24) is 63.5 Å². The van der Waals surface area contributed by atoms with Crippen molar-refractivity contribution in [3.63, 3.8) is 0 Å². The topological polar surface area (TPSA) is 161 Å². The summed E-state index contributed by atoms with van der Waals surface area (Å²) in [5, 5.41) is 13.6. The zero-order chi connectivity index (χ0) is 98.4. The molecule has 19 aromatic carbocycles. The van der Waals surface area contributed by atoms with Crippen molar-refractivity contribution in [2.24, 2.45) is 0 Å². The molecule has 0 unspecified atom stereocenters. The zero-order valence-electron chi connectivity index (χ0n) is 80.9. The summed E-state index contributed by atoms with van der Waals surface area (Å²) in [7, 11) is -3.07. The molecule has 0 atom stereocenters. The van der Waals surface area contributed by atoms with Gasteiger partial charge in [-0.15, -0.1) is 0 Å². The van der Waals surface area contributed by atoms with E-state index >= 15 is 0 Å². The summed E-state index contributed by atoms with van der Waals surface area (Å²) in [5.41, 5.74) is 28.6. The molecular formula is C132H94N13OP. The number of aromatic nitrogens is 13. The third-order valence-electron chi connectivity index (χ3n) is 28.0. The Labute approximate surface area is 849 Å². The fourth-order valence-corrected chi connectivity index (χ4v) is 23.6. The van der Waals surface area contributed by atoms with Gasteiger partial charge >= 0.3 is 0 Å². The van der Waals surface area contributed by atoms with Crippen molar-refractivity contribution >= 4 is 132 Å². The minimum absolute atomic E-state index is 0.630. The molecule has 0 aliphatic heterocycles. The smallest absolute Gasteiger partial charge is 0.171 e. The van der Waals surface area contributed by atoms with Crippen molar-refractivity contribution in [3.05, 3.63) is 497 Å². The highest BCUT2D eigenvalue weighted by Gasteiger charge is 2.31. The van der Waals surface area contributed by atoms with E-state index in [0.717, 1.165) is 257 Å². The van der Waals surface area contributed by atoms with E-state index in [2.05, 4.69) is 361 Å². The summed E-state index contributed by atoms with van der Waals surface area (Å²) in [6.45, 7) is 6.49. The first-order valence-corrected chi connectivity index (χ1v) is 51.7. The monoisotopic (exact) mass is 1910 g/mol. The Balaban J connectivity index is 0.000000116. The first kappa shape index (κ1) is 89.6. The molecule has 27 aromatic rings. The van der Waals surface area contributed by atoms with E-state index in [0.29, 0.717) is 17.5 Å². The third kappa shape index (κ3) is 16.5. The van der Waals surface area contributed by atoms with Gasteiger partial charge in [-0.1, -0.05) is 403 Å². The molecule has 14 nitrogen and oxygen atoms in total. The minimum atomic E-state index is -3.07. The van der Waals surface area contributed by atoms with Crippen LogP contribution in [0.5, 0.6) is 0 Å². The number of para-hydroxylation sites is 7. The predicted molar refractivity (Wildman–Crippen MR) is 607 cm³/mol. The average Bonchev–Trinajstić information content (AvgIpc) is 1.66. The van der Waals surface area contributed by atoms with Gasteiger partial charge in [0.25, 0.3) is 0 Å². The zero-order valence-corrected chi connectivity index (χ0v) is 81.8. The van der Waals surface area contributed by atoms with Crippen molar-refractivity contribution in [1.29, 1.82) is 0 Å². The maximum atomic E-state index is 15.0. The number of hydrogen-bond donors (Lipinski definition) is 0. The molecule has 147 heavy (non-hydrogen) atoms. The number of imidazole rings is 3. The van der Waals surface area contributed by atoms with Gasteiger partial charge < -0.3 is 4.57 Å². The van der Waals surface area contributed by atoms with Gasteiger partial charge in [-0.25, -0.2) is 44.9 Å². The molecule has 0 saturated heterocycles. The van der Waals surface area contributed by atoms with Crippen LogP contribution in [-0.4, -0.2) is 63.5 Å². The minimum Gasteiger partial charge on any atom is -0.309 e. The van der Waals surface area contributed by atoms with Crippen molar-refractivity contribution < 1.29 is 4.57 Å². The number of pyridine rings is 4. The third-order valence-corrected chi connectivity index (χ3v) is 31.1. The van der Waals surface area contributed by atoms with Crippen LogP contribution in [0.2, 0.25) is 0 Å². The standard InChI is InChI=1S/C49H34N6.C46H34N3OP.C37H26N4/c1-2-43-51-46-42(55(43)38-21-10-5-11-22-38)30-29-40-39-23-12-13-24-41(39)50-45(44(40)46)37-20-14-19-36(31-37)32-25-27-35(28-26-32)49-53-47(33-15-6-3-7-16-33)52-48(54-49)34-17-8-4-9-18-34;1-2-43-48-46-42(49(43)35-17-6-3-7-18-35)30-29-40-39-23-12-13-24-41(39)47-45(44(40)46)34-16-14-15-33(31-34)32-25-27-38(28-26-32)51(50,36-19-8-4-9-20-36)37-21-10-5-11-22-37;1-2-33-40-37-32(41(33)27-12-4-3-5-13-27)22-21-30-29-14-6-7-16-31(29)39-36(34(30)37)26-19-17-24(18-20-26)28-15-8-10-25-11-9-23-38-35(25)28/h3-31H,2H2,1H3;3-31H,2H2,1H3;3-23H,2H2,1H3. The molecule has 15 heteroatoms. The lowest BCUT2D eigenvalue weighted by atomic mass is 9.96. The molecule has 8 heterocycles. The van der Waals surface area contributed by atoms with Gasteiger partial charge in [0.2, 0.25) is 0 Å². The van der Waals surface area contributed by atoms with E-state index in [4.69, 9.17) is 44.9 Å². The molecule has 0 fully saturated rings. The highest BCUT2D eigenvalue weighted by atomic mass is 31.2. The second-order valence-electron chi connectivity index (χ2n) is 36.7. The molecule has 0 amide bonds. The molecule has 8 aromatic heterocycles.